The zero-order valence-corrected chi connectivity index (χ0v) is 14.2. The van der Waals surface area contributed by atoms with Crippen LogP contribution in [0.25, 0.3) is 0 Å². The lowest BCUT2D eigenvalue weighted by Crippen LogP contribution is -1.99. The molecular weight excluding hydrogens is 268 g/mol. The minimum Gasteiger partial charge on any atom is -0.469 e. The first-order valence-corrected chi connectivity index (χ1v) is 9.44. The summed E-state index contributed by atoms with van der Waals surface area (Å²) in [6.07, 6.45) is 15.2. The van der Waals surface area contributed by atoms with Crippen LogP contribution in [-0.4, -0.2) is 23.6 Å². The molecule has 1 rings (SSSR count). The molecule has 2 nitrogen and oxygen atoms in total. The van der Waals surface area contributed by atoms with Crippen LogP contribution in [-0.2, 0) is 9.53 Å². The number of hydrogen-bond acceptors (Lipinski definition) is 3. The van der Waals surface area contributed by atoms with Gasteiger partial charge in [-0.15, -0.1) is 0 Å². The quantitative estimate of drug-likeness (QED) is 0.261. The highest BCUT2D eigenvalue weighted by Crippen LogP contribution is 2.47. The number of carbonyl (C=O) groups is 1. The van der Waals surface area contributed by atoms with Crippen molar-refractivity contribution < 1.29 is 9.53 Å². The molecule has 1 fully saturated rings. The lowest BCUT2D eigenvalue weighted by molar-refractivity contribution is -0.140. The van der Waals surface area contributed by atoms with Gasteiger partial charge in [-0.3, -0.25) is 4.79 Å². The molecule has 0 saturated carbocycles. The Bertz CT molecular complexity index is 255. The van der Waals surface area contributed by atoms with Gasteiger partial charge in [-0.25, -0.2) is 0 Å². The van der Waals surface area contributed by atoms with Crippen LogP contribution in [0.15, 0.2) is 0 Å². The highest BCUT2D eigenvalue weighted by molar-refractivity contribution is 8.07. The molecule has 0 aromatic rings. The summed E-state index contributed by atoms with van der Waals surface area (Å²) in [5.74, 6) is -0.0654. The van der Waals surface area contributed by atoms with Gasteiger partial charge in [0, 0.05) is 16.9 Å². The van der Waals surface area contributed by atoms with Gasteiger partial charge in [0.15, 0.2) is 0 Å². The summed E-state index contributed by atoms with van der Waals surface area (Å²) in [6.45, 7) is 2.29. The van der Waals surface area contributed by atoms with Crippen molar-refractivity contribution >= 4 is 17.7 Å². The summed E-state index contributed by atoms with van der Waals surface area (Å²) in [6, 6.07) is 0. The second-order valence-electron chi connectivity index (χ2n) is 5.94. The zero-order valence-electron chi connectivity index (χ0n) is 13.4. The fourth-order valence-electron chi connectivity index (χ4n) is 2.75. The molecule has 0 amide bonds. The molecule has 0 N–H and O–H groups in total. The van der Waals surface area contributed by atoms with Crippen molar-refractivity contribution in [3.8, 4) is 0 Å². The number of ether oxygens (including phenoxy) is 1. The topological polar surface area (TPSA) is 26.3 Å². The predicted molar refractivity (Wildman–Crippen MR) is 88.3 cm³/mol. The summed E-state index contributed by atoms with van der Waals surface area (Å²) in [4.78, 5) is 10.9. The van der Waals surface area contributed by atoms with Gasteiger partial charge in [0.2, 0.25) is 0 Å². The van der Waals surface area contributed by atoms with Crippen LogP contribution in [0.5, 0.6) is 0 Å². The number of methoxy groups -OCH3 is 1. The van der Waals surface area contributed by atoms with Gasteiger partial charge >= 0.3 is 5.97 Å². The molecule has 0 bridgehead atoms. The van der Waals surface area contributed by atoms with Crippen molar-refractivity contribution in [3.05, 3.63) is 0 Å². The Labute approximate surface area is 129 Å². The lowest BCUT2D eigenvalue weighted by atomic mass is 10.0. The van der Waals surface area contributed by atoms with E-state index in [1.54, 1.807) is 0 Å². The second-order valence-corrected chi connectivity index (χ2v) is 7.43. The zero-order chi connectivity index (χ0) is 14.6. The van der Waals surface area contributed by atoms with Crippen LogP contribution in [0.2, 0.25) is 0 Å². The first-order chi connectivity index (χ1) is 9.77. The van der Waals surface area contributed by atoms with Crippen LogP contribution < -0.4 is 0 Å². The van der Waals surface area contributed by atoms with Gasteiger partial charge < -0.3 is 4.74 Å². The van der Waals surface area contributed by atoms with E-state index in [4.69, 9.17) is 0 Å². The third-order valence-electron chi connectivity index (χ3n) is 4.11. The maximum atomic E-state index is 10.9. The Morgan fingerprint density at radius 3 is 2.05 bits per heavy atom. The van der Waals surface area contributed by atoms with Gasteiger partial charge in [0.1, 0.15) is 0 Å². The second kappa shape index (κ2) is 11.5. The van der Waals surface area contributed by atoms with Crippen molar-refractivity contribution in [2.24, 2.45) is 0 Å². The summed E-state index contributed by atoms with van der Waals surface area (Å²) in [5, 5.41) is 2.02. The Kier molecular flexibility index (Phi) is 10.3. The molecule has 0 aliphatic carbocycles. The van der Waals surface area contributed by atoms with E-state index in [-0.39, 0.29) is 5.97 Å². The molecule has 0 radical (unpaired) electrons. The van der Waals surface area contributed by atoms with E-state index >= 15 is 0 Å². The van der Waals surface area contributed by atoms with Gasteiger partial charge in [-0.1, -0.05) is 58.3 Å². The summed E-state index contributed by atoms with van der Waals surface area (Å²) in [7, 11) is 1.47. The van der Waals surface area contributed by atoms with Crippen LogP contribution in [0.1, 0.15) is 84.0 Å². The molecule has 118 valence electrons. The predicted octanol–water partition coefficient (Wildman–Crippen LogP) is 5.34. The number of hydrogen-bond donors (Lipinski definition) is 0. The molecular formula is C17H32O2S. The molecule has 1 heterocycles. The van der Waals surface area contributed by atoms with Crippen LogP contribution in [0.4, 0.5) is 0 Å². The minimum atomic E-state index is -0.0654. The van der Waals surface area contributed by atoms with E-state index in [1.165, 1.54) is 71.3 Å². The maximum absolute atomic E-state index is 10.9. The molecule has 20 heavy (non-hydrogen) atoms. The standard InChI is InChI=1S/C17H32O2S/c1-3-12-15-16(20-15)13-10-8-6-4-5-7-9-11-14-17(18)19-2/h15-16H,3-14H2,1-2H3. The van der Waals surface area contributed by atoms with Crippen molar-refractivity contribution in [1.29, 1.82) is 0 Å². The monoisotopic (exact) mass is 300 g/mol. The summed E-state index contributed by atoms with van der Waals surface area (Å²) < 4.78 is 4.63. The molecule has 3 heteroatoms. The highest BCUT2D eigenvalue weighted by atomic mass is 32.2. The van der Waals surface area contributed by atoms with Gasteiger partial charge in [-0.2, -0.15) is 11.8 Å². The molecule has 0 spiro atoms. The number of thioether (sulfide) groups is 1. The number of esters is 1. The van der Waals surface area contributed by atoms with Gasteiger partial charge in [0.25, 0.3) is 0 Å². The SMILES string of the molecule is CCCC1SC1CCCCCCCCCCC(=O)OC. The van der Waals surface area contributed by atoms with Crippen molar-refractivity contribution in [2.75, 3.05) is 7.11 Å². The Morgan fingerprint density at radius 2 is 1.45 bits per heavy atom. The average molecular weight is 301 g/mol. The van der Waals surface area contributed by atoms with E-state index in [1.807, 2.05) is 0 Å². The third kappa shape index (κ3) is 8.89. The molecule has 2 unspecified atom stereocenters. The maximum Gasteiger partial charge on any atom is 0.305 e. The van der Waals surface area contributed by atoms with Crippen LogP contribution in [0.3, 0.4) is 0 Å². The number of carbonyl (C=O) groups excluding carboxylic acids is 1. The molecule has 1 aliphatic rings. The van der Waals surface area contributed by atoms with Crippen LogP contribution in [0, 0.1) is 0 Å². The van der Waals surface area contributed by atoms with Crippen molar-refractivity contribution in [1.82, 2.24) is 0 Å². The molecule has 1 saturated heterocycles. The Hall–Kier alpha value is -0.180. The Balaban J connectivity index is 1.72. The molecule has 2 atom stereocenters. The molecule has 0 aromatic carbocycles. The summed E-state index contributed by atoms with van der Waals surface area (Å²) in [5.41, 5.74) is 0. The normalized spacial score (nSPS) is 20.9. The smallest absolute Gasteiger partial charge is 0.305 e. The summed E-state index contributed by atoms with van der Waals surface area (Å²) >= 11 is 2.20. The largest absolute Gasteiger partial charge is 0.469 e. The lowest BCUT2D eigenvalue weighted by Gasteiger charge is -2.02. The Morgan fingerprint density at radius 1 is 0.900 bits per heavy atom. The number of unbranched alkanes of at least 4 members (excludes halogenated alkanes) is 7. The molecule has 0 aromatic heterocycles. The average Bonchev–Trinajstić information content (AvgIpc) is 3.19. The van der Waals surface area contributed by atoms with Crippen molar-refractivity contribution in [3.63, 3.8) is 0 Å². The third-order valence-corrected chi connectivity index (χ3v) is 5.62. The van der Waals surface area contributed by atoms with E-state index < -0.39 is 0 Å². The van der Waals surface area contributed by atoms with E-state index in [0.29, 0.717) is 6.42 Å². The first-order valence-electron chi connectivity index (χ1n) is 8.50. The van der Waals surface area contributed by atoms with Gasteiger partial charge in [0.05, 0.1) is 7.11 Å². The number of rotatable bonds is 13. The van der Waals surface area contributed by atoms with Crippen molar-refractivity contribution in [2.45, 2.75) is 94.5 Å². The van der Waals surface area contributed by atoms with E-state index in [0.717, 1.165) is 16.9 Å². The van der Waals surface area contributed by atoms with E-state index in [2.05, 4.69) is 23.4 Å². The van der Waals surface area contributed by atoms with Gasteiger partial charge in [-0.05, 0) is 19.3 Å². The minimum absolute atomic E-state index is 0.0654. The first kappa shape index (κ1) is 17.9. The fourth-order valence-corrected chi connectivity index (χ4v) is 4.05. The highest BCUT2D eigenvalue weighted by Gasteiger charge is 2.35. The fraction of sp³-hybridized carbons (Fsp3) is 0.941. The van der Waals surface area contributed by atoms with Crippen LogP contribution >= 0.6 is 11.8 Å². The molecule has 1 aliphatic heterocycles. The van der Waals surface area contributed by atoms with E-state index in [9.17, 15) is 4.79 Å².